The summed E-state index contributed by atoms with van der Waals surface area (Å²) in [5.74, 6) is 0.102. The number of methoxy groups -OCH3 is 1. The monoisotopic (exact) mass is 382 g/mol. The fourth-order valence-electron chi connectivity index (χ4n) is 3.75. The number of nitrogens with one attached hydrogen (secondary N) is 1. The fraction of sp³-hybridized carbons (Fsp3) is 0.611. The first kappa shape index (κ1) is 19.1. The van der Waals surface area contributed by atoms with Crippen LogP contribution >= 0.6 is 0 Å². The Balaban J connectivity index is 1.95. The Morgan fingerprint density at radius 1 is 1.23 bits per heavy atom. The van der Waals surface area contributed by atoms with E-state index < -0.39 is 10.0 Å². The van der Waals surface area contributed by atoms with Gasteiger partial charge in [0.05, 0.1) is 24.5 Å². The predicted octanol–water partition coefficient (Wildman–Crippen LogP) is 1.39. The van der Waals surface area contributed by atoms with Crippen LogP contribution in [-0.4, -0.2) is 58.1 Å². The van der Waals surface area contributed by atoms with E-state index >= 15 is 0 Å². The van der Waals surface area contributed by atoms with Gasteiger partial charge in [-0.3, -0.25) is 4.79 Å². The Labute approximate surface area is 154 Å². The summed E-state index contributed by atoms with van der Waals surface area (Å²) in [5.41, 5.74) is 0. The van der Waals surface area contributed by atoms with Crippen LogP contribution in [0.25, 0.3) is 0 Å². The Bertz CT molecular complexity index is 737. The molecule has 0 radical (unpaired) electrons. The molecule has 2 aliphatic rings. The molecule has 1 saturated heterocycles. The summed E-state index contributed by atoms with van der Waals surface area (Å²) in [5, 5.41) is 2.88. The van der Waals surface area contributed by atoms with Gasteiger partial charge in [-0.25, -0.2) is 8.42 Å². The zero-order valence-electron chi connectivity index (χ0n) is 15.0. The van der Waals surface area contributed by atoms with E-state index in [0.717, 1.165) is 6.42 Å². The van der Waals surface area contributed by atoms with E-state index in [4.69, 9.17) is 9.47 Å². The van der Waals surface area contributed by atoms with Crippen LogP contribution in [0, 0.1) is 5.92 Å². The first-order valence-electron chi connectivity index (χ1n) is 9.05. The van der Waals surface area contributed by atoms with Gasteiger partial charge in [0.25, 0.3) is 0 Å². The summed E-state index contributed by atoms with van der Waals surface area (Å²) in [6.45, 7) is 1.72. The van der Waals surface area contributed by atoms with Crippen LogP contribution in [-0.2, 0) is 19.6 Å². The van der Waals surface area contributed by atoms with Crippen LogP contribution in [0.15, 0.2) is 29.2 Å². The van der Waals surface area contributed by atoms with Crippen molar-refractivity contribution >= 4 is 15.9 Å². The normalized spacial score (nSPS) is 25.8. The van der Waals surface area contributed by atoms with Gasteiger partial charge in [0.2, 0.25) is 15.9 Å². The highest BCUT2D eigenvalue weighted by atomic mass is 32.2. The molecule has 3 rings (SSSR count). The number of carbonyl (C=O) groups excluding carboxylic acids is 1. The van der Waals surface area contributed by atoms with Gasteiger partial charge in [-0.1, -0.05) is 12.5 Å². The summed E-state index contributed by atoms with van der Waals surface area (Å²) < 4.78 is 38.9. The molecule has 1 N–H and O–H groups in total. The van der Waals surface area contributed by atoms with E-state index in [1.807, 2.05) is 0 Å². The van der Waals surface area contributed by atoms with Crippen LogP contribution in [0.4, 0.5) is 0 Å². The van der Waals surface area contributed by atoms with Crippen molar-refractivity contribution in [2.45, 2.75) is 36.6 Å². The standard InChI is InChI=1S/C18H26N2O5S/c1-24-14-5-2-6-15(13-14)26(22,23)20-10-4-11-25-12-9-19-18(21)16-7-3-8-17(16)20/h2,5-6,13,16-17H,3-4,7-12H2,1H3,(H,19,21)/t16-,17+/m1/s1. The predicted molar refractivity (Wildman–Crippen MR) is 96.5 cm³/mol. The summed E-state index contributed by atoms with van der Waals surface area (Å²) >= 11 is 0. The molecular formula is C18H26N2O5S. The van der Waals surface area contributed by atoms with Crippen LogP contribution in [0.5, 0.6) is 5.75 Å². The number of sulfonamides is 1. The molecule has 26 heavy (non-hydrogen) atoms. The molecule has 1 heterocycles. The van der Waals surface area contributed by atoms with Crippen LogP contribution in [0.3, 0.4) is 0 Å². The largest absolute Gasteiger partial charge is 0.497 e. The van der Waals surface area contributed by atoms with Crippen LogP contribution < -0.4 is 10.1 Å². The van der Waals surface area contributed by atoms with E-state index in [9.17, 15) is 13.2 Å². The fourth-order valence-corrected chi connectivity index (χ4v) is 5.52. The number of carbonyl (C=O) groups is 1. The third kappa shape index (κ3) is 4.02. The minimum Gasteiger partial charge on any atom is -0.497 e. The van der Waals surface area contributed by atoms with Crippen molar-refractivity contribution in [1.82, 2.24) is 9.62 Å². The number of hydrogen-bond donors (Lipinski definition) is 1. The molecule has 0 aromatic heterocycles. The maximum Gasteiger partial charge on any atom is 0.243 e. The number of hydrogen-bond acceptors (Lipinski definition) is 5. The SMILES string of the molecule is COc1cccc(S(=O)(=O)N2CCCOCCNC(=O)[C@@H]3CCC[C@@H]32)c1. The molecule has 1 aromatic carbocycles. The molecule has 144 valence electrons. The zero-order chi connectivity index (χ0) is 18.6. The summed E-state index contributed by atoms with van der Waals surface area (Å²) in [6, 6.07) is 6.17. The Morgan fingerprint density at radius 2 is 2.08 bits per heavy atom. The number of rotatable bonds is 3. The minimum absolute atomic E-state index is 0.0798. The highest BCUT2D eigenvalue weighted by Gasteiger charge is 2.42. The lowest BCUT2D eigenvalue weighted by Gasteiger charge is -2.31. The van der Waals surface area contributed by atoms with Gasteiger partial charge in [-0.2, -0.15) is 4.31 Å². The summed E-state index contributed by atoms with van der Waals surface area (Å²) in [6.07, 6.45) is 2.85. The molecule has 8 heteroatoms. The summed E-state index contributed by atoms with van der Waals surface area (Å²) in [4.78, 5) is 12.7. The molecule has 1 amide bonds. The molecule has 2 fully saturated rings. The first-order chi connectivity index (χ1) is 12.5. The molecule has 0 bridgehead atoms. The van der Waals surface area contributed by atoms with E-state index in [1.54, 1.807) is 18.2 Å². The number of amides is 1. The quantitative estimate of drug-likeness (QED) is 0.854. The van der Waals surface area contributed by atoms with E-state index in [2.05, 4.69) is 5.32 Å². The van der Waals surface area contributed by atoms with Crippen molar-refractivity contribution in [2.24, 2.45) is 5.92 Å². The Morgan fingerprint density at radius 3 is 2.88 bits per heavy atom. The average Bonchev–Trinajstić information content (AvgIpc) is 3.11. The zero-order valence-corrected chi connectivity index (χ0v) is 15.8. The maximum atomic E-state index is 13.4. The van der Waals surface area contributed by atoms with E-state index in [1.165, 1.54) is 17.5 Å². The van der Waals surface area contributed by atoms with Gasteiger partial charge in [0.15, 0.2) is 0 Å². The van der Waals surface area contributed by atoms with Crippen molar-refractivity contribution in [3.63, 3.8) is 0 Å². The third-order valence-electron chi connectivity index (χ3n) is 5.05. The summed E-state index contributed by atoms with van der Waals surface area (Å²) in [7, 11) is -2.23. The molecule has 0 unspecified atom stereocenters. The number of benzene rings is 1. The van der Waals surface area contributed by atoms with Crippen molar-refractivity contribution in [2.75, 3.05) is 33.4 Å². The number of fused-ring (bicyclic) bond motifs is 1. The molecule has 1 aromatic rings. The topological polar surface area (TPSA) is 84.9 Å². The van der Waals surface area contributed by atoms with Gasteiger partial charge >= 0.3 is 0 Å². The molecule has 1 saturated carbocycles. The maximum absolute atomic E-state index is 13.4. The molecule has 1 aliphatic carbocycles. The van der Waals surface area contributed by atoms with Gasteiger partial charge in [0.1, 0.15) is 5.75 Å². The van der Waals surface area contributed by atoms with Gasteiger partial charge in [-0.15, -0.1) is 0 Å². The second-order valence-corrected chi connectivity index (χ2v) is 8.55. The van der Waals surface area contributed by atoms with E-state index in [-0.39, 0.29) is 22.8 Å². The Kier molecular flexibility index (Phi) is 6.16. The molecule has 7 nitrogen and oxygen atoms in total. The van der Waals surface area contributed by atoms with Crippen LogP contribution in [0.2, 0.25) is 0 Å². The average molecular weight is 382 g/mol. The molecular weight excluding hydrogens is 356 g/mol. The van der Waals surface area contributed by atoms with E-state index in [0.29, 0.717) is 51.3 Å². The smallest absolute Gasteiger partial charge is 0.243 e. The van der Waals surface area contributed by atoms with Gasteiger partial charge in [-0.05, 0) is 31.4 Å². The minimum atomic E-state index is -3.73. The third-order valence-corrected chi connectivity index (χ3v) is 6.97. The lowest BCUT2D eigenvalue weighted by Crippen LogP contribution is -2.47. The lowest BCUT2D eigenvalue weighted by molar-refractivity contribution is -0.126. The molecule has 1 aliphatic heterocycles. The highest BCUT2D eigenvalue weighted by Crippen LogP contribution is 2.34. The molecule has 0 spiro atoms. The van der Waals surface area contributed by atoms with Gasteiger partial charge < -0.3 is 14.8 Å². The lowest BCUT2D eigenvalue weighted by atomic mass is 10.0. The van der Waals surface area contributed by atoms with Crippen molar-refractivity contribution < 1.29 is 22.7 Å². The second kappa shape index (κ2) is 8.37. The number of nitrogens with zero attached hydrogens (tertiary/aromatic N) is 1. The Hall–Kier alpha value is -1.64. The van der Waals surface area contributed by atoms with Crippen molar-refractivity contribution in [1.29, 1.82) is 0 Å². The van der Waals surface area contributed by atoms with Crippen molar-refractivity contribution in [3.05, 3.63) is 24.3 Å². The number of ether oxygens (including phenoxy) is 2. The van der Waals surface area contributed by atoms with Gasteiger partial charge in [0, 0.05) is 31.8 Å². The van der Waals surface area contributed by atoms with Crippen LogP contribution in [0.1, 0.15) is 25.7 Å². The van der Waals surface area contributed by atoms with Crippen molar-refractivity contribution in [3.8, 4) is 5.75 Å². The second-order valence-electron chi connectivity index (χ2n) is 6.66. The first-order valence-corrected chi connectivity index (χ1v) is 10.5. The highest BCUT2D eigenvalue weighted by molar-refractivity contribution is 7.89. The molecule has 2 atom stereocenters.